The molecule has 2 atom stereocenters. The first-order valence-corrected chi connectivity index (χ1v) is 9.69. The molecule has 2 fully saturated rings. The number of halogens is 1. The summed E-state index contributed by atoms with van der Waals surface area (Å²) in [6.07, 6.45) is 1.59. The van der Waals surface area contributed by atoms with Gasteiger partial charge < -0.3 is 19.9 Å². The molecular weight excluding hydrogens is 349 g/mol. The fourth-order valence-corrected chi connectivity index (χ4v) is 3.84. The predicted molar refractivity (Wildman–Crippen MR) is 100 cm³/mol. The van der Waals surface area contributed by atoms with Crippen LogP contribution in [0.3, 0.4) is 0 Å². The second-order valence-corrected chi connectivity index (χ2v) is 7.33. The molecule has 0 aromatic heterocycles. The van der Waals surface area contributed by atoms with Crippen LogP contribution in [-0.4, -0.2) is 67.2 Å². The van der Waals surface area contributed by atoms with Crippen LogP contribution in [0.15, 0.2) is 18.2 Å². The van der Waals surface area contributed by atoms with Gasteiger partial charge in [0, 0.05) is 43.7 Å². The number of carbonyl (C=O) groups excluding carboxylic acids is 2. The first kappa shape index (κ1) is 19.6. The first-order chi connectivity index (χ1) is 13.0. The van der Waals surface area contributed by atoms with Crippen molar-refractivity contribution in [3.8, 4) is 0 Å². The number of rotatable bonds is 3. The van der Waals surface area contributed by atoms with Crippen LogP contribution in [0.2, 0.25) is 0 Å². The number of amides is 3. The van der Waals surface area contributed by atoms with E-state index in [0.717, 1.165) is 6.42 Å². The lowest BCUT2D eigenvalue weighted by Crippen LogP contribution is -2.56. The van der Waals surface area contributed by atoms with Gasteiger partial charge >= 0.3 is 6.03 Å². The first-order valence-electron chi connectivity index (χ1n) is 9.69. The van der Waals surface area contributed by atoms with Crippen LogP contribution >= 0.6 is 0 Å². The van der Waals surface area contributed by atoms with Gasteiger partial charge in [-0.15, -0.1) is 0 Å². The van der Waals surface area contributed by atoms with Crippen molar-refractivity contribution in [2.75, 3.05) is 39.4 Å². The average molecular weight is 377 g/mol. The van der Waals surface area contributed by atoms with Gasteiger partial charge in [0.2, 0.25) is 0 Å². The largest absolute Gasteiger partial charge is 0.379 e. The minimum absolute atomic E-state index is 0.0577. The van der Waals surface area contributed by atoms with Gasteiger partial charge in [-0.2, -0.15) is 0 Å². The van der Waals surface area contributed by atoms with E-state index in [1.54, 1.807) is 24.0 Å². The molecule has 1 N–H and O–H groups in total. The Hall–Kier alpha value is -2.15. The van der Waals surface area contributed by atoms with Crippen LogP contribution in [-0.2, 0) is 4.74 Å². The molecule has 3 amide bonds. The van der Waals surface area contributed by atoms with E-state index in [1.807, 2.05) is 11.8 Å². The molecule has 0 unspecified atom stereocenters. The van der Waals surface area contributed by atoms with Gasteiger partial charge in [0.05, 0.1) is 13.2 Å². The number of nitrogens with one attached hydrogen (secondary N) is 1. The van der Waals surface area contributed by atoms with Gasteiger partial charge in [-0.25, -0.2) is 9.18 Å². The Morgan fingerprint density at radius 2 is 2.15 bits per heavy atom. The van der Waals surface area contributed by atoms with Crippen LogP contribution in [0.4, 0.5) is 9.18 Å². The minimum atomic E-state index is -0.368. The molecule has 2 aliphatic heterocycles. The number of fused-ring (bicyclic) bond motifs is 1. The summed E-state index contributed by atoms with van der Waals surface area (Å²) >= 11 is 0. The zero-order valence-electron chi connectivity index (χ0n) is 16.0. The summed E-state index contributed by atoms with van der Waals surface area (Å²) in [5.41, 5.74) is 0.889. The molecule has 1 aromatic rings. The number of ether oxygens (including phenoxy) is 1. The summed E-state index contributed by atoms with van der Waals surface area (Å²) in [7, 11) is 0. The second kappa shape index (κ2) is 8.69. The van der Waals surface area contributed by atoms with E-state index in [9.17, 15) is 14.0 Å². The number of hydrogen-bond acceptors (Lipinski definition) is 3. The number of aryl methyl sites for hydroxylation is 1. The van der Waals surface area contributed by atoms with E-state index in [4.69, 9.17) is 4.74 Å². The van der Waals surface area contributed by atoms with Gasteiger partial charge in [-0.3, -0.25) is 4.79 Å². The number of urea groups is 1. The van der Waals surface area contributed by atoms with Crippen molar-refractivity contribution in [2.45, 2.75) is 32.7 Å². The van der Waals surface area contributed by atoms with E-state index < -0.39 is 0 Å². The lowest BCUT2D eigenvalue weighted by Gasteiger charge is -2.42. The summed E-state index contributed by atoms with van der Waals surface area (Å²) in [5.74, 6) is -0.473. The molecule has 2 saturated heterocycles. The summed E-state index contributed by atoms with van der Waals surface area (Å²) in [6, 6.07) is 4.60. The number of benzene rings is 1. The second-order valence-electron chi connectivity index (χ2n) is 7.33. The third-order valence-corrected chi connectivity index (χ3v) is 5.40. The van der Waals surface area contributed by atoms with E-state index >= 15 is 0 Å². The quantitative estimate of drug-likeness (QED) is 0.880. The molecule has 6 nitrogen and oxygen atoms in total. The summed E-state index contributed by atoms with van der Waals surface area (Å²) in [6.45, 7) is 7.00. The van der Waals surface area contributed by atoms with Crippen LogP contribution in [0.1, 0.15) is 35.7 Å². The molecule has 7 heteroatoms. The fourth-order valence-electron chi connectivity index (χ4n) is 3.84. The highest BCUT2D eigenvalue weighted by atomic mass is 19.1. The molecule has 2 heterocycles. The number of nitrogens with zero attached hydrogens (tertiary/aromatic N) is 2. The van der Waals surface area contributed by atoms with Crippen LogP contribution in [0.5, 0.6) is 0 Å². The molecule has 1 aromatic carbocycles. The molecule has 0 spiro atoms. The normalized spacial score (nSPS) is 22.8. The van der Waals surface area contributed by atoms with Crippen molar-refractivity contribution in [2.24, 2.45) is 5.92 Å². The van der Waals surface area contributed by atoms with Crippen molar-refractivity contribution >= 4 is 11.9 Å². The Morgan fingerprint density at radius 1 is 1.33 bits per heavy atom. The SMILES string of the molecule is CCCNC(=O)N1CCOC[C@H]2CN(C(=O)c3ccc(C)c(F)c3)CC[C@H]21. The maximum atomic E-state index is 13.8. The highest BCUT2D eigenvalue weighted by molar-refractivity contribution is 5.94. The highest BCUT2D eigenvalue weighted by Crippen LogP contribution is 2.26. The van der Waals surface area contributed by atoms with Gasteiger partial charge in [0.15, 0.2) is 0 Å². The van der Waals surface area contributed by atoms with E-state index in [2.05, 4.69) is 5.32 Å². The van der Waals surface area contributed by atoms with Gasteiger partial charge in [-0.05, 0) is 37.5 Å². The van der Waals surface area contributed by atoms with Crippen LogP contribution < -0.4 is 5.32 Å². The summed E-state index contributed by atoms with van der Waals surface area (Å²) in [4.78, 5) is 28.9. The molecule has 148 valence electrons. The number of piperidine rings is 1. The van der Waals surface area contributed by atoms with Crippen molar-refractivity contribution in [3.05, 3.63) is 35.1 Å². The molecule has 0 bridgehead atoms. The van der Waals surface area contributed by atoms with E-state index in [-0.39, 0.29) is 29.7 Å². The zero-order valence-corrected chi connectivity index (χ0v) is 16.0. The van der Waals surface area contributed by atoms with Crippen LogP contribution in [0, 0.1) is 18.7 Å². The standard InChI is InChI=1S/C20H28FN3O3/c1-3-7-22-20(26)24-9-10-27-13-16-12-23(8-6-18(16)24)19(25)15-5-4-14(2)17(21)11-15/h4-5,11,16,18H,3,6-10,12-13H2,1-2H3,(H,22,26)/t16-,18-/m1/s1. The van der Waals surface area contributed by atoms with E-state index in [0.29, 0.717) is 56.9 Å². The maximum absolute atomic E-state index is 13.8. The lowest BCUT2D eigenvalue weighted by molar-refractivity contribution is 0.0431. The molecule has 2 aliphatic rings. The zero-order chi connectivity index (χ0) is 19.4. The van der Waals surface area contributed by atoms with Gasteiger partial charge in [-0.1, -0.05) is 13.0 Å². The molecule has 27 heavy (non-hydrogen) atoms. The summed E-state index contributed by atoms with van der Waals surface area (Å²) in [5, 5.41) is 2.94. The molecule has 3 rings (SSSR count). The molecule has 0 saturated carbocycles. The molecular formula is C20H28FN3O3. The smallest absolute Gasteiger partial charge is 0.317 e. The summed E-state index contributed by atoms with van der Waals surface area (Å²) < 4.78 is 19.5. The Balaban J connectivity index is 1.70. The van der Waals surface area contributed by atoms with Gasteiger partial charge in [0.25, 0.3) is 5.91 Å². The number of carbonyl (C=O) groups is 2. The van der Waals surface area contributed by atoms with Crippen molar-refractivity contribution in [1.29, 1.82) is 0 Å². The number of likely N-dealkylation sites (tertiary alicyclic amines) is 1. The Morgan fingerprint density at radius 3 is 2.89 bits per heavy atom. The Labute approximate surface area is 159 Å². The minimum Gasteiger partial charge on any atom is -0.379 e. The molecule has 0 aliphatic carbocycles. The third kappa shape index (κ3) is 4.40. The van der Waals surface area contributed by atoms with Crippen LogP contribution in [0.25, 0.3) is 0 Å². The number of hydrogen-bond donors (Lipinski definition) is 1. The maximum Gasteiger partial charge on any atom is 0.317 e. The van der Waals surface area contributed by atoms with Crippen molar-refractivity contribution in [3.63, 3.8) is 0 Å². The Kier molecular flexibility index (Phi) is 6.31. The van der Waals surface area contributed by atoms with E-state index in [1.165, 1.54) is 6.07 Å². The Bertz CT molecular complexity index is 697. The highest BCUT2D eigenvalue weighted by Gasteiger charge is 2.38. The third-order valence-electron chi connectivity index (χ3n) is 5.40. The lowest BCUT2D eigenvalue weighted by atomic mass is 9.91. The van der Waals surface area contributed by atoms with Crippen molar-refractivity contribution < 1.29 is 18.7 Å². The topological polar surface area (TPSA) is 61.9 Å². The average Bonchev–Trinajstić information content (AvgIpc) is 2.89. The van der Waals surface area contributed by atoms with Crippen molar-refractivity contribution in [1.82, 2.24) is 15.1 Å². The monoisotopic (exact) mass is 377 g/mol. The fraction of sp³-hybridized carbons (Fsp3) is 0.600. The predicted octanol–water partition coefficient (Wildman–Crippen LogP) is 2.42. The molecule has 0 radical (unpaired) electrons. The van der Waals surface area contributed by atoms with Gasteiger partial charge in [0.1, 0.15) is 5.82 Å².